The minimum absolute atomic E-state index is 0.0369. The number of aromatic hydroxyl groups is 1. The van der Waals surface area contributed by atoms with E-state index in [9.17, 15) is 14.3 Å². The van der Waals surface area contributed by atoms with Gasteiger partial charge in [-0.05, 0) is 24.3 Å². The molecule has 0 saturated carbocycles. The number of H-pyrrole nitrogens is 1. The van der Waals surface area contributed by atoms with Crippen LogP contribution in [0.4, 0.5) is 15.9 Å². The summed E-state index contributed by atoms with van der Waals surface area (Å²) >= 11 is 0.859. The summed E-state index contributed by atoms with van der Waals surface area (Å²) in [7, 11) is 0. The van der Waals surface area contributed by atoms with Crippen LogP contribution in [0.5, 0.6) is 5.06 Å². The van der Waals surface area contributed by atoms with Gasteiger partial charge in [0.2, 0.25) is 5.43 Å². The number of thiophene rings is 1. The molecule has 21 heavy (non-hydrogen) atoms. The van der Waals surface area contributed by atoms with Crippen LogP contribution in [-0.2, 0) is 0 Å². The zero-order valence-electron chi connectivity index (χ0n) is 10.5. The number of nitrogens with one attached hydrogen (secondary N) is 2. The van der Waals surface area contributed by atoms with E-state index in [0.717, 1.165) is 11.3 Å². The number of anilines is 2. The molecule has 0 radical (unpaired) electrons. The maximum absolute atomic E-state index is 12.9. The van der Waals surface area contributed by atoms with Crippen molar-refractivity contribution < 1.29 is 9.50 Å². The summed E-state index contributed by atoms with van der Waals surface area (Å²) in [6.45, 7) is 0. The predicted octanol–water partition coefficient (Wildman–Crippen LogP) is 3.05. The minimum Gasteiger partial charge on any atom is -0.498 e. The average molecular weight is 301 g/mol. The number of pyridine rings is 1. The standard InChI is InChI=1S/C14H8FN3O2S/c15-7-1-3-8(4-2-7)17-11-5-10(19)13-12(18-11)9(6-16)14(20)21-13/h1-5,20H,(H2,17,18,19). The molecule has 2 heterocycles. The molecule has 0 bridgehead atoms. The average Bonchev–Trinajstić information content (AvgIpc) is 2.78. The molecule has 0 saturated heterocycles. The lowest BCUT2D eigenvalue weighted by Gasteiger charge is -2.06. The first-order chi connectivity index (χ1) is 10.1. The first-order valence-corrected chi connectivity index (χ1v) is 6.71. The number of nitrogens with zero attached hydrogens (tertiary/aromatic N) is 1. The molecular formula is C14H8FN3O2S. The van der Waals surface area contributed by atoms with Crippen LogP contribution in [0.15, 0.2) is 35.1 Å². The lowest BCUT2D eigenvalue weighted by molar-refractivity contribution is 0.490. The summed E-state index contributed by atoms with van der Waals surface area (Å²) in [5.41, 5.74) is 0.603. The first-order valence-electron chi connectivity index (χ1n) is 5.90. The molecule has 0 atom stereocenters. The van der Waals surface area contributed by atoms with E-state index in [-0.39, 0.29) is 32.1 Å². The van der Waals surface area contributed by atoms with Gasteiger partial charge in [-0.3, -0.25) is 4.79 Å². The molecule has 3 rings (SSSR count). The van der Waals surface area contributed by atoms with E-state index in [0.29, 0.717) is 11.5 Å². The van der Waals surface area contributed by atoms with Gasteiger partial charge in [0.1, 0.15) is 28.0 Å². The zero-order valence-corrected chi connectivity index (χ0v) is 11.3. The maximum atomic E-state index is 12.9. The smallest absolute Gasteiger partial charge is 0.201 e. The number of nitriles is 1. The highest BCUT2D eigenvalue weighted by molar-refractivity contribution is 7.20. The summed E-state index contributed by atoms with van der Waals surface area (Å²) in [5.74, 6) is -0.00701. The number of hydrogen-bond acceptors (Lipinski definition) is 5. The number of hydrogen-bond donors (Lipinski definition) is 3. The van der Waals surface area contributed by atoms with Crippen LogP contribution in [-0.4, -0.2) is 10.1 Å². The molecule has 2 aromatic heterocycles. The minimum atomic E-state index is -0.362. The topological polar surface area (TPSA) is 88.9 Å². The van der Waals surface area contributed by atoms with Gasteiger partial charge in [0.15, 0.2) is 5.06 Å². The molecule has 0 aliphatic rings. The lowest BCUT2D eigenvalue weighted by Crippen LogP contribution is -2.03. The van der Waals surface area contributed by atoms with Gasteiger partial charge in [-0.25, -0.2) is 4.39 Å². The SMILES string of the molecule is N#Cc1c(O)sc2c(=O)cc(Nc3ccc(F)cc3)[nH]c12. The Morgan fingerprint density at radius 3 is 2.71 bits per heavy atom. The van der Waals surface area contributed by atoms with Gasteiger partial charge in [0, 0.05) is 11.8 Å². The number of rotatable bonds is 2. The van der Waals surface area contributed by atoms with Crippen LogP contribution in [0.2, 0.25) is 0 Å². The van der Waals surface area contributed by atoms with Crippen LogP contribution in [0.3, 0.4) is 0 Å². The molecule has 3 N–H and O–H groups in total. The largest absolute Gasteiger partial charge is 0.498 e. The molecule has 7 heteroatoms. The predicted molar refractivity (Wildman–Crippen MR) is 78.5 cm³/mol. The van der Waals surface area contributed by atoms with Crippen molar-refractivity contribution in [2.24, 2.45) is 0 Å². The third-order valence-electron chi connectivity index (χ3n) is 2.88. The highest BCUT2D eigenvalue weighted by Gasteiger charge is 2.15. The van der Waals surface area contributed by atoms with Gasteiger partial charge < -0.3 is 15.4 Å². The highest BCUT2D eigenvalue weighted by Crippen LogP contribution is 2.33. The molecule has 0 fully saturated rings. The Balaban J connectivity index is 2.10. The van der Waals surface area contributed by atoms with Gasteiger partial charge in [0.05, 0.1) is 5.52 Å². The fraction of sp³-hybridized carbons (Fsp3) is 0. The molecule has 104 valence electrons. The second kappa shape index (κ2) is 4.92. The first kappa shape index (κ1) is 13.1. The van der Waals surface area contributed by atoms with Crippen LogP contribution in [0.1, 0.15) is 5.56 Å². The Labute approximate surface area is 121 Å². The lowest BCUT2D eigenvalue weighted by atomic mass is 10.2. The molecule has 0 amide bonds. The third kappa shape index (κ3) is 2.32. The number of aromatic nitrogens is 1. The van der Waals surface area contributed by atoms with Crippen molar-refractivity contribution in [2.75, 3.05) is 5.32 Å². The van der Waals surface area contributed by atoms with Gasteiger partial charge in [-0.1, -0.05) is 11.3 Å². The Morgan fingerprint density at radius 2 is 2.05 bits per heavy atom. The second-order valence-electron chi connectivity index (χ2n) is 4.28. The van der Waals surface area contributed by atoms with Crippen molar-refractivity contribution in [3.05, 3.63) is 51.9 Å². The molecule has 0 aliphatic carbocycles. The molecular weight excluding hydrogens is 293 g/mol. The number of fused-ring (bicyclic) bond motifs is 1. The van der Waals surface area contributed by atoms with Crippen LogP contribution in [0.25, 0.3) is 10.2 Å². The van der Waals surface area contributed by atoms with Crippen LogP contribution >= 0.6 is 11.3 Å². The van der Waals surface area contributed by atoms with Crippen molar-refractivity contribution in [3.8, 4) is 11.1 Å². The monoisotopic (exact) mass is 301 g/mol. The summed E-state index contributed by atoms with van der Waals surface area (Å²) in [6.07, 6.45) is 0. The van der Waals surface area contributed by atoms with E-state index < -0.39 is 0 Å². The van der Waals surface area contributed by atoms with Gasteiger partial charge in [-0.15, -0.1) is 0 Å². The van der Waals surface area contributed by atoms with Gasteiger partial charge >= 0.3 is 0 Å². The molecule has 0 unspecified atom stereocenters. The summed E-state index contributed by atoms with van der Waals surface area (Å²) in [6, 6.07) is 8.80. The molecule has 5 nitrogen and oxygen atoms in total. The Hall–Kier alpha value is -2.85. The van der Waals surface area contributed by atoms with Crippen LogP contribution < -0.4 is 10.7 Å². The van der Waals surface area contributed by atoms with E-state index in [4.69, 9.17) is 5.26 Å². The molecule has 0 aliphatic heterocycles. The fourth-order valence-corrected chi connectivity index (χ4v) is 2.80. The summed E-state index contributed by atoms with van der Waals surface area (Å²) in [4.78, 5) is 14.9. The summed E-state index contributed by atoms with van der Waals surface area (Å²) < 4.78 is 13.1. The van der Waals surface area contributed by atoms with E-state index in [1.807, 2.05) is 6.07 Å². The normalized spacial score (nSPS) is 10.5. The van der Waals surface area contributed by atoms with Crippen molar-refractivity contribution in [3.63, 3.8) is 0 Å². The summed E-state index contributed by atoms with van der Waals surface area (Å²) in [5, 5.41) is 21.4. The van der Waals surface area contributed by atoms with Crippen molar-refractivity contribution in [1.29, 1.82) is 5.26 Å². The quantitative estimate of drug-likeness (QED) is 0.678. The maximum Gasteiger partial charge on any atom is 0.201 e. The Kier molecular flexibility index (Phi) is 3.08. The van der Waals surface area contributed by atoms with Crippen molar-refractivity contribution in [2.45, 2.75) is 0 Å². The number of benzene rings is 1. The van der Waals surface area contributed by atoms with Crippen molar-refractivity contribution in [1.82, 2.24) is 4.98 Å². The van der Waals surface area contributed by atoms with Crippen molar-refractivity contribution >= 4 is 33.1 Å². The molecule has 1 aromatic carbocycles. The fourth-order valence-electron chi connectivity index (χ4n) is 1.94. The highest BCUT2D eigenvalue weighted by atomic mass is 32.1. The molecule has 3 aromatic rings. The Bertz CT molecular complexity index is 922. The molecule has 0 spiro atoms. The second-order valence-corrected chi connectivity index (χ2v) is 5.28. The number of halogens is 1. The zero-order chi connectivity index (χ0) is 15.0. The Morgan fingerprint density at radius 1 is 1.33 bits per heavy atom. The number of aromatic amines is 1. The van der Waals surface area contributed by atoms with E-state index in [1.165, 1.54) is 30.3 Å². The van der Waals surface area contributed by atoms with Gasteiger partial charge in [0.25, 0.3) is 0 Å². The van der Waals surface area contributed by atoms with Crippen LogP contribution in [0, 0.1) is 17.1 Å². The van der Waals surface area contributed by atoms with Gasteiger partial charge in [-0.2, -0.15) is 5.26 Å². The van der Waals surface area contributed by atoms with E-state index >= 15 is 0 Å². The van der Waals surface area contributed by atoms with E-state index in [1.54, 1.807) is 0 Å². The van der Waals surface area contributed by atoms with E-state index in [2.05, 4.69) is 10.3 Å². The third-order valence-corrected chi connectivity index (χ3v) is 3.89.